The van der Waals surface area contributed by atoms with Crippen LogP contribution in [0.15, 0.2) is 12.1 Å². The third-order valence-corrected chi connectivity index (χ3v) is 2.80. The molecule has 17 heavy (non-hydrogen) atoms. The monoisotopic (exact) mass is 239 g/mol. The molecule has 0 saturated heterocycles. The molecule has 0 bridgehead atoms. The van der Waals surface area contributed by atoms with Gasteiger partial charge in [0.25, 0.3) is 0 Å². The lowest BCUT2D eigenvalue weighted by Gasteiger charge is -2.28. The summed E-state index contributed by atoms with van der Waals surface area (Å²) in [4.78, 5) is 15.0. The Labute approximate surface area is 100 Å². The van der Waals surface area contributed by atoms with Gasteiger partial charge in [-0.2, -0.15) is 0 Å². The Hall–Kier alpha value is -1.62. The van der Waals surface area contributed by atoms with Crippen LogP contribution in [-0.2, 0) is 10.2 Å². The molecular formula is C12H17NO4. The van der Waals surface area contributed by atoms with Crippen LogP contribution in [0.2, 0.25) is 0 Å². The zero-order chi connectivity index (χ0) is 13.2. The number of carboxylic acid groups (broad SMARTS) is 1. The summed E-state index contributed by atoms with van der Waals surface area (Å²) >= 11 is 0. The molecule has 0 spiro atoms. The second-order valence-corrected chi connectivity index (χ2v) is 4.50. The molecule has 2 N–H and O–H groups in total. The third-order valence-electron chi connectivity index (χ3n) is 2.80. The predicted molar refractivity (Wildman–Crippen MR) is 62.2 cm³/mol. The molecule has 0 aliphatic heterocycles. The van der Waals surface area contributed by atoms with E-state index in [2.05, 4.69) is 4.98 Å². The summed E-state index contributed by atoms with van der Waals surface area (Å²) < 4.78 is 5.03. The van der Waals surface area contributed by atoms with Gasteiger partial charge in [0.2, 0.25) is 5.88 Å². The summed E-state index contributed by atoms with van der Waals surface area (Å²) in [6.07, 6.45) is -1.48. The van der Waals surface area contributed by atoms with Gasteiger partial charge >= 0.3 is 5.97 Å². The number of aromatic nitrogens is 1. The molecule has 0 aliphatic rings. The van der Waals surface area contributed by atoms with Crippen LogP contribution >= 0.6 is 0 Å². The minimum Gasteiger partial charge on any atom is -0.481 e. The van der Waals surface area contributed by atoms with E-state index in [-0.39, 0.29) is 0 Å². The van der Waals surface area contributed by atoms with Gasteiger partial charge in [-0.3, -0.25) is 0 Å². The first-order valence-electron chi connectivity index (χ1n) is 5.23. The van der Waals surface area contributed by atoms with E-state index >= 15 is 0 Å². The van der Waals surface area contributed by atoms with Gasteiger partial charge in [0.1, 0.15) is 0 Å². The van der Waals surface area contributed by atoms with Crippen LogP contribution in [0.5, 0.6) is 5.88 Å². The van der Waals surface area contributed by atoms with E-state index in [0.717, 1.165) is 0 Å². The van der Waals surface area contributed by atoms with Crippen molar-refractivity contribution in [2.24, 2.45) is 0 Å². The summed E-state index contributed by atoms with van der Waals surface area (Å²) in [5.41, 5.74) is 0.481. The molecule has 94 valence electrons. The Kier molecular flexibility index (Phi) is 3.72. The molecule has 0 fully saturated rings. The van der Waals surface area contributed by atoms with Crippen molar-refractivity contribution in [2.75, 3.05) is 7.11 Å². The topological polar surface area (TPSA) is 79.7 Å². The highest BCUT2D eigenvalue weighted by molar-refractivity contribution is 5.74. The molecule has 0 amide bonds. The van der Waals surface area contributed by atoms with E-state index in [4.69, 9.17) is 9.84 Å². The number of methoxy groups -OCH3 is 1. The van der Waals surface area contributed by atoms with Gasteiger partial charge < -0.3 is 14.9 Å². The minimum absolute atomic E-state index is 0.408. The van der Waals surface area contributed by atoms with E-state index < -0.39 is 17.5 Å². The Bertz CT molecular complexity index is 429. The van der Waals surface area contributed by atoms with Gasteiger partial charge in [0, 0.05) is 17.2 Å². The molecule has 5 heteroatoms. The Balaban J connectivity index is 3.22. The van der Waals surface area contributed by atoms with Crippen LogP contribution in [-0.4, -0.2) is 34.4 Å². The first kappa shape index (κ1) is 13.4. The molecule has 0 saturated carbocycles. The van der Waals surface area contributed by atoms with Crippen molar-refractivity contribution in [1.29, 1.82) is 0 Å². The highest BCUT2D eigenvalue weighted by Crippen LogP contribution is 2.29. The summed E-state index contributed by atoms with van der Waals surface area (Å²) in [6.45, 7) is 5.12. The van der Waals surface area contributed by atoms with Crippen LogP contribution in [0.4, 0.5) is 0 Å². The highest BCUT2D eigenvalue weighted by Gasteiger charge is 2.35. The number of ether oxygens (including phenoxy) is 1. The quantitative estimate of drug-likeness (QED) is 0.823. The first-order valence-corrected chi connectivity index (χ1v) is 5.23. The minimum atomic E-state index is -1.48. The second-order valence-electron chi connectivity index (χ2n) is 4.50. The average Bonchev–Trinajstić information content (AvgIpc) is 2.26. The normalized spacial score (nSPS) is 13.2. The van der Waals surface area contributed by atoms with E-state index in [1.165, 1.54) is 7.11 Å². The third kappa shape index (κ3) is 2.74. The number of carboxylic acids is 1. The van der Waals surface area contributed by atoms with Crippen LogP contribution in [0, 0.1) is 6.92 Å². The van der Waals surface area contributed by atoms with Gasteiger partial charge in [-0.05, 0) is 18.6 Å². The molecule has 0 radical (unpaired) electrons. The number of hydrogen-bond acceptors (Lipinski definition) is 4. The lowest BCUT2D eigenvalue weighted by molar-refractivity contribution is -0.150. The van der Waals surface area contributed by atoms with Gasteiger partial charge in [0.05, 0.1) is 7.11 Å². The fraction of sp³-hybridized carbons (Fsp3) is 0.500. The van der Waals surface area contributed by atoms with Gasteiger partial charge in [-0.15, -0.1) is 0 Å². The van der Waals surface area contributed by atoms with E-state index in [0.29, 0.717) is 17.1 Å². The number of rotatable bonds is 4. The molecule has 0 aromatic carbocycles. The van der Waals surface area contributed by atoms with Crippen molar-refractivity contribution in [2.45, 2.75) is 32.3 Å². The maximum absolute atomic E-state index is 10.9. The summed E-state index contributed by atoms with van der Waals surface area (Å²) in [5, 5.41) is 18.6. The molecule has 0 aliphatic carbocycles. The largest absolute Gasteiger partial charge is 0.481 e. The van der Waals surface area contributed by atoms with E-state index in [9.17, 15) is 9.90 Å². The van der Waals surface area contributed by atoms with Crippen LogP contribution in [0.1, 0.15) is 25.1 Å². The number of aliphatic carboxylic acids is 1. The Morgan fingerprint density at radius 2 is 2.06 bits per heavy atom. The summed E-state index contributed by atoms with van der Waals surface area (Å²) in [6, 6.07) is 3.38. The lowest BCUT2D eigenvalue weighted by atomic mass is 9.79. The number of nitrogens with zero attached hydrogens (tertiary/aromatic N) is 1. The number of aryl methyl sites for hydroxylation is 1. The highest BCUT2D eigenvalue weighted by atomic mass is 16.5. The predicted octanol–water partition coefficient (Wildman–Crippen LogP) is 1.12. The van der Waals surface area contributed by atoms with Crippen molar-refractivity contribution in [3.63, 3.8) is 0 Å². The van der Waals surface area contributed by atoms with Crippen LogP contribution in [0.3, 0.4) is 0 Å². The standard InChI is InChI=1S/C12H17NO4/c1-7-5-8(6-9(13-7)17-4)12(2,3)10(14)11(15)16/h5-6,10,14H,1-4H3,(H,15,16). The molecule has 1 rings (SSSR count). The lowest BCUT2D eigenvalue weighted by Crippen LogP contribution is -2.39. The van der Waals surface area contributed by atoms with Gasteiger partial charge in [-0.25, -0.2) is 9.78 Å². The van der Waals surface area contributed by atoms with Crippen molar-refractivity contribution >= 4 is 5.97 Å². The first-order chi connectivity index (χ1) is 7.78. The zero-order valence-corrected chi connectivity index (χ0v) is 10.4. The van der Waals surface area contributed by atoms with Crippen molar-refractivity contribution in [3.05, 3.63) is 23.4 Å². The van der Waals surface area contributed by atoms with Crippen molar-refractivity contribution < 1.29 is 19.7 Å². The SMILES string of the molecule is COc1cc(C(C)(C)C(O)C(=O)O)cc(C)n1. The fourth-order valence-electron chi connectivity index (χ4n) is 1.58. The molecule has 1 atom stereocenters. The van der Waals surface area contributed by atoms with Crippen molar-refractivity contribution in [1.82, 2.24) is 4.98 Å². The number of carbonyl (C=O) groups is 1. The van der Waals surface area contributed by atoms with E-state index in [1.807, 2.05) is 0 Å². The van der Waals surface area contributed by atoms with Crippen LogP contribution < -0.4 is 4.74 Å². The molecule has 1 unspecified atom stereocenters. The van der Waals surface area contributed by atoms with Gasteiger partial charge in [0.15, 0.2) is 6.10 Å². The maximum atomic E-state index is 10.9. The summed E-state index contributed by atoms with van der Waals surface area (Å²) in [7, 11) is 1.49. The second kappa shape index (κ2) is 4.71. The number of hydrogen-bond donors (Lipinski definition) is 2. The average molecular weight is 239 g/mol. The van der Waals surface area contributed by atoms with E-state index in [1.54, 1.807) is 32.9 Å². The Morgan fingerprint density at radius 1 is 1.47 bits per heavy atom. The maximum Gasteiger partial charge on any atom is 0.333 e. The van der Waals surface area contributed by atoms with Crippen LogP contribution in [0.25, 0.3) is 0 Å². The molecule has 5 nitrogen and oxygen atoms in total. The molecular weight excluding hydrogens is 222 g/mol. The van der Waals surface area contributed by atoms with Crippen molar-refractivity contribution in [3.8, 4) is 5.88 Å². The molecule has 1 aromatic rings. The zero-order valence-electron chi connectivity index (χ0n) is 10.4. The number of aliphatic hydroxyl groups is 1. The molecule has 1 aromatic heterocycles. The molecule has 1 heterocycles. The fourth-order valence-corrected chi connectivity index (χ4v) is 1.58. The smallest absolute Gasteiger partial charge is 0.333 e. The number of aliphatic hydroxyl groups excluding tert-OH is 1. The summed E-state index contributed by atoms with van der Waals surface area (Å²) in [5.74, 6) is -0.839. The number of pyridine rings is 1. The Morgan fingerprint density at radius 3 is 2.53 bits per heavy atom. The van der Waals surface area contributed by atoms with Gasteiger partial charge in [-0.1, -0.05) is 13.8 Å².